The second kappa shape index (κ2) is 9.69. The highest BCUT2D eigenvalue weighted by Crippen LogP contribution is 2.13. The molecule has 3 heteroatoms. The Labute approximate surface area is 91.5 Å². The van der Waals surface area contributed by atoms with Crippen molar-refractivity contribution in [2.45, 2.75) is 51.9 Å². The summed E-state index contributed by atoms with van der Waals surface area (Å²) in [5.74, 6) is -0.550. The Morgan fingerprint density at radius 3 is 2.33 bits per heavy atom. The van der Waals surface area contributed by atoms with Gasteiger partial charge in [-0.1, -0.05) is 39.0 Å². The molecule has 0 aliphatic rings. The van der Waals surface area contributed by atoms with Crippen molar-refractivity contribution in [1.29, 1.82) is 0 Å². The molecule has 0 N–H and O–H groups in total. The fraction of sp³-hybridized carbons (Fsp3) is 0.750. The maximum Gasteiger partial charge on any atom is 0.336 e. The predicted octanol–water partition coefficient (Wildman–Crippen LogP) is 3.76. The number of methoxy groups -OCH3 is 1. The summed E-state index contributed by atoms with van der Waals surface area (Å²) in [6.45, 7) is 2.17. The van der Waals surface area contributed by atoms with E-state index in [9.17, 15) is 9.18 Å². The summed E-state index contributed by atoms with van der Waals surface area (Å²) in [5.41, 5.74) is 0.146. The molecule has 0 aliphatic heterocycles. The predicted molar refractivity (Wildman–Crippen MR) is 59.2 cm³/mol. The molecule has 0 bridgehead atoms. The molecule has 0 aliphatic carbocycles. The van der Waals surface area contributed by atoms with Crippen molar-refractivity contribution in [3.05, 3.63) is 11.9 Å². The van der Waals surface area contributed by atoms with Crippen molar-refractivity contribution < 1.29 is 13.9 Å². The van der Waals surface area contributed by atoms with Gasteiger partial charge in [-0.3, -0.25) is 0 Å². The molecule has 0 atom stereocenters. The smallest absolute Gasteiger partial charge is 0.336 e. The molecule has 0 spiro atoms. The first-order valence-corrected chi connectivity index (χ1v) is 5.63. The molecule has 0 unspecified atom stereocenters. The molecule has 0 aromatic rings. The lowest BCUT2D eigenvalue weighted by Crippen LogP contribution is -2.04. The Balaban J connectivity index is 3.52. The lowest BCUT2D eigenvalue weighted by molar-refractivity contribution is -0.136. The van der Waals surface area contributed by atoms with Crippen molar-refractivity contribution in [3.63, 3.8) is 0 Å². The fourth-order valence-electron chi connectivity index (χ4n) is 1.43. The molecule has 0 aromatic carbocycles. The zero-order valence-corrected chi connectivity index (χ0v) is 9.72. The summed E-state index contributed by atoms with van der Waals surface area (Å²) < 4.78 is 16.7. The standard InChI is InChI=1S/C12H21FO2/c1-3-4-5-6-7-8-9-11(10-13)12(14)15-2/h10H,3-9H2,1-2H3. The van der Waals surface area contributed by atoms with E-state index in [0.717, 1.165) is 19.3 Å². The molecular weight excluding hydrogens is 195 g/mol. The lowest BCUT2D eigenvalue weighted by atomic mass is 10.1. The lowest BCUT2D eigenvalue weighted by Gasteiger charge is -2.03. The fourth-order valence-corrected chi connectivity index (χ4v) is 1.43. The van der Waals surface area contributed by atoms with Crippen LogP contribution in [0.3, 0.4) is 0 Å². The molecule has 0 saturated heterocycles. The summed E-state index contributed by atoms with van der Waals surface area (Å²) in [7, 11) is 1.27. The number of hydrogen-bond acceptors (Lipinski definition) is 2. The largest absolute Gasteiger partial charge is 0.466 e. The summed E-state index contributed by atoms with van der Waals surface area (Å²) in [6.07, 6.45) is 7.61. The molecular formula is C12H21FO2. The van der Waals surface area contributed by atoms with Gasteiger partial charge in [0.15, 0.2) is 0 Å². The molecule has 0 radical (unpaired) electrons. The molecule has 0 rings (SSSR count). The Kier molecular flexibility index (Phi) is 9.13. The maximum atomic E-state index is 12.3. The van der Waals surface area contributed by atoms with Gasteiger partial charge in [0.05, 0.1) is 19.0 Å². The molecule has 0 saturated carbocycles. The summed E-state index contributed by atoms with van der Waals surface area (Å²) >= 11 is 0. The average Bonchev–Trinajstić information content (AvgIpc) is 2.27. The molecule has 88 valence electrons. The van der Waals surface area contributed by atoms with E-state index in [1.165, 1.54) is 26.4 Å². The monoisotopic (exact) mass is 216 g/mol. The van der Waals surface area contributed by atoms with Gasteiger partial charge in [0, 0.05) is 0 Å². The number of hydrogen-bond donors (Lipinski definition) is 0. The van der Waals surface area contributed by atoms with Crippen molar-refractivity contribution in [1.82, 2.24) is 0 Å². The van der Waals surface area contributed by atoms with E-state index in [2.05, 4.69) is 11.7 Å². The Morgan fingerprint density at radius 1 is 1.20 bits per heavy atom. The van der Waals surface area contributed by atoms with Gasteiger partial charge in [-0.2, -0.15) is 0 Å². The summed E-state index contributed by atoms with van der Waals surface area (Å²) in [4.78, 5) is 11.0. The van der Waals surface area contributed by atoms with E-state index in [4.69, 9.17) is 0 Å². The molecule has 0 aromatic heterocycles. The van der Waals surface area contributed by atoms with Crippen LogP contribution in [-0.2, 0) is 9.53 Å². The van der Waals surface area contributed by atoms with Crippen molar-refractivity contribution in [3.8, 4) is 0 Å². The third kappa shape index (κ3) is 7.11. The van der Waals surface area contributed by atoms with Gasteiger partial charge in [-0.25, -0.2) is 9.18 Å². The highest BCUT2D eigenvalue weighted by Gasteiger charge is 2.08. The van der Waals surface area contributed by atoms with E-state index in [1.54, 1.807) is 0 Å². The van der Waals surface area contributed by atoms with Gasteiger partial charge in [0.2, 0.25) is 0 Å². The second-order valence-corrected chi connectivity index (χ2v) is 3.64. The molecule has 0 fully saturated rings. The highest BCUT2D eigenvalue weighted by atomic mass is 19.1. The third-order valence-corrected chi connectivity index (χ3v) is 2.38. The molecule has 0 heterocycles. The minimum Gasteiger partial charge on any atom is -0.466 e. The summed E-state index contributed by atoms with van der Waals surface area (Å²) in [6, 6.07) is 0. The minimum absolute atomic E-state index is 0.146. The van der Waals surface area contributed by atoms with Gasteiger partial charge in [0.25, 0.3) is 0 Å². The van der Waals surface area contributed by atoms with Crippen LogP contribution in [0.15, 0.2) is 11.9 Å². The third-order valence-electron chi connectivity index (χ3n) is 2.38. The van der Waals surface area contributed by atoms with E-state index in [-0.39, 0.29) is 5.57 Å². The van der Waals surface area contributed by atoms with Gasteiger partial charge in [-0.05, 0) is 12.8 Å². The minimum atomic E-state index is -0.550. The first-order chi connectivity index (χ1) is 7.26. The van der Waals surface area contributed by atoms with Crippen LogP contribution in [0.5, 0.6) is 0 Å². The number of ether oxygens (including phenoxy) is 1. The first-order valence-electron chi connectivity index (χ1n) is 5.63. The van der Waals surface area contributed by atoms with E-state index >= 15 is 0 Å². The van der Waals surface area contributed by atoms with Gasteiger partial charge in [-0.15, -0.1) is 0 Å². The second-order valence-electron chi connectivity index (χ2n) is 3.64. The number of halogens is 1. The van der Waals surface area contributed by atoms with E-state index in [1.807, 2.05) is 0 Å². The number of unbranched alkanes of at least 4 members (excludes halogenated alkanes) is 5. The molecule has 2 nitrogen and oxygen atoms in total. The zero-order chi connectivity index (χ0) is 11.5. The maximum absolute atomic E-state index is 12.3. The highest BCUT2D eigenvalue weighted by molar-refractivity contribution is 5.87. The van der Waals surface area contributed by atoms with Gasteiger partial charge < -0.3 is 4.74 Å². The zero-order valence-electron chi connectivity index (χ0n) is 9.72. The molecule has 15 heavy (non-hydrogen) atoms. The van der Waals surface area contributed by atoms with E-state index < -0.39 is 5.97 Å². The number of carbonyl (C=O) groups excluding carboxylic acids is 1. The average molecular weight is 216 g/mol. The SMILES string of the molecule is CCCCCCCCC(=CF)C(=O)OC. The van der Waals surface area contributed by atoms with Gasteiger partial charge in [0.1, 0.15) is 0 Å². The topological polar surface area (TPSA) is 26.3 Å². The quantitative estimate of drug-likeness (QED) is 0.351. The van der Waals surface area contributed by atoms with Crippen molar-refractivity contribution >= 4 is 5.97 Å². The van der Waals surface area contributed by atoms with Crippen LogP contribution < -0.4 is 0 Å². The number of esters is 1. The van der Waals surface area contributed by atoms with Crippen LogP contribution in [0, 0.1) is 0 Å². The number of rotatable bonds is 8. The summed E-state index contributed by atoms with van der Waals surface area (Å²) in [5, 5.41) is 0. The first kappa shape index (κ1) is 14.1. The van der Waals surface area contributed by atoms with Crippen LogP contribution in [0.1, 0.15) is 51.9 Å². The Morgan fingerprint density at radius 2 is 1.80 bits per heavy atom. The van der Waals surface area contributed by atoms with Crippen LogP contribution in [0.25, 0.3) is 0 Å². The normalized spacial score (nSPS) is 11.5. The number of carbonyl (C=O) groups is 1. The van der Waals surface area contributed by atoms with Crippen LogP contribution in [-0.4, -0.2) is 13.1 Å². The van der Waals surface area contributed by atoms with Crippen molar-refractivity contribution in [2.75, 3.05) is 7.11 Å². The van der Waals surface area contributed by atoms with Gasteiger partial charge >= 0.3 is 5.97 Å². The molecule has 0 amide bonds. The Bertz CT molecular complexity index is 200. The van der Waals surface area contributed by atoms with Crippen LogP contribution in [0.2, 0.25) is 0 Å². The van der Waals surface area contributed by atoms with Crippen molar-refractivity contribution in [2.24, 2.45) is 0 Å². The van der Waals surface area contributed by atoms with Crippen LogP contribution >= 0.6 is 0 Å². The van der Waals surface area contributed by atoms with Crippen LogP contribution in [0.4, 0.5) is 4.39 Å². The van der Waals surface area contributed by atoms with E-state index in [0.29, 0.717) is 12.8 Å². The Hall–Kier alpha value is -0.860.